The first-order valence-electron chi connectivity index (χ1n) is 11.5. The number of quaternary nitrogens is 1. The molecule has 0 bridgehead atoms. The van der Waals surface area contributed by atoms with Gasteiger partial charge in [-0.2, -0.15) is 4.37 Å². The summed E-state index contributed by atoms with van der Waals surface area (Å²) in [6, 6.07) is 0. The van der Waals surface area contributed by atoms with E-state index >= 15 is 0 Å². The van der Waals surface area contributed by atoms with E-state index in [-0.39, 0.29) is 12.3 Å². The van der Waals surface area contributed by atoms with Crippen molar-refractivity contribution >= 4 is 23.4 Å². The van der Waals surface area contributed by atoms with Crippen LogP contribution in [0.15, 0.2) is 6.08 Å². The van der Waals surface area contributed by atoms with Crippen molar-refractivity contribution in [3.8, 4) is 5.88 Å². The Balaban J connectivity index is 1.58. The van der Waals surface area contributed by atoms with Gasteiger partial charge in [0.05, 0.1) is 31.9 Å². The Morgan fingerprint density at radius 2 is 2.03 bits per heavy atom. The predicted molar refractivity (Wildman–Crippen MR) is 119 cm³/mol. The number of ether oxygens (including phenoxy) is 2. The van der Waals surface area contributed by atoms with Crippen LogP contribution in [0.2, 0.25) is 0 Å². The first-order valence-corrected chi connectivity index (χ1v) is 12.2. The Morgan fingerprint density at radius 1 is 1.23 bits per heavy atom. The third-order valence-electron chi connectivity index (χ3n) is 6.32. The minimum absolute atomic E-state index is 0.177. The number of hydrogen-bond acceptors (Lipinski definition) is 6. The van der Waals surface area contributed by atoms with E-state index in [9.17, 15) is 4.79 Å². The topological polar surface area (TPSA) is 64.6 Å². The number of carbonyl (C=O) groups is 1. The van der Waals surface area contributed by atoms with Crippen LogP contribution < -0.4 is 4.74 Å². The Labute approximate surface area is 185 Å². The van der Waals surface area contributed by atoms with Gasteiger partial charge in [0.2, 0.25) is 6.23 Å². The molecule has 168 valence electrons. The molecule has 0 spiro atoms. The Bertz CT molecular complexity index is 717. The van der Waals surface area contributed by atoms with Crippen molar-refractivity contribution < 1.29 is 18.8 Å². The average molecular weight is 438 g/mol. The van der Waals surface area contributed by atoms with Crippen molar-refractivity contribution in [1.82, 2.24) is 13.6 Å². The molecule has 0 aliphatic carbocycles. The van der Waals surface area contributed by atoms with Crippen LogP contribution in [0.25, 0.3) is 5.57 Å². The number of hydrogen-bond donors (Lipinski definition) is 0. The molecule has 1 saturated heterocycles. The zero-order chi connectivity index (χ0) is 21.4. The smallest absolute Gasteiger partial charge is 0.414 e. The van der Waals surface area contributed by atoms with Gasteiger partial charge in [0.25, 0.3) is 5.88 Å². The highest BCUT2D eigenvalue weighted by atomic mass is 32.1. The van der Waals surface area contributed by atoms with E-state index in [0.29, 0.717) is 17.0 Å². The molecule has 7 nitrogen and oxygen atoms in total. The first-order chi connectivity index (χ1) is 14.5. The molecule has 30 heavy (non-hydrogen) atoms. The number of aromatic nitrogens is 2. The van der Waals surface area contributed by atoms with E-state index in [0.717, 1.165) is 63.1 Å². The first kappa shape index (κ1) is 23.0. The van der Waals surface area contributed by atoms with Gasteiger partial charge in [-0.3, -0.25) is 4.48 Å². The van der Waals surface area contributed by atoms with Gasteiger partial charge in [0, 0.05) is 32.0 Å². The van der Waals surface area contributed by atoms with E-state index < -0.39 is 0 Å². The molecular weight excluding hydrogens is 400 g/mol. The second-order valence-corrected chi connectivity index (χ2v) is 9.27. The summed E-state index contributed by atoms with van der Waals surface area (Å²) in [4.78, 5) is 14.4. The van der Waals surface area contributed by atoms with Crippen LogP contribution in [0.3, 0.4) is 0 Å². The molecular formula is C22H37N4O3S+. The number of nitrogens with zero attached hydrogens (tertiary/aromatic N) is 4. The monoisotopic (exact) mass is 437 g/mol. The van der Waals surface area contributed by atoms with Crippen molar-refractivity contribution in [2.75, 3.05) is 39.8 Å². The molecule has 0 radical (unpaired) electrons. The minimum Gasteiger partial charge on any atom is -0.475 e. The van der Waals surface area contributed by atoms with Gasteiger partial charge in [-0.25, -0.2) is 4.79 Å². The van der Waals surface area contributed by atoms with Crippen molar-refractivity contribution in [1.29, 1.82) is 0 Å². The molecule has 2 aliphatic rings. The van der Waals surface area contributed by atoms with Crippen LogP contribution in [0, 0.1) is 0 Å². The van der Waals surface area contributed by atoms with Gasteiger partial charge >= 0.3 is 6.09 Å². The maximum absolute atomic E-state index is 12.6. The lowest BCUT2D eigenvalue weighted by Crippen LogP contribution is -2.56. The SMILES string of the molecule is CCCCCCOc1nsnc1C1=CCC[N+](C)([C@@H](C)OC(=O)N2CCCCC2)C1. The number of likely N-dealkylation sites (N-methyl/N-ethyl adjacent to an activating group) is 1. The lowest BCUT2D eigenvalue weighted by atomic mass is 10.0. The van der Waals surface area contributed by atoms with Crippen molar-refractivity contribution in [2.24, 2.45) is 0 Å². The molecule has 0 N–H and O–H groups in total. The van der Waals surface area contributed by atoms with Crippen LogP contribution >= 0.6 is 11.7 Å². The number of unbranched alkanes of at least 4 members (excludes halogenated alkanes) is 3. The van der Waals surface area contributed by atoms with Gasteiger partial charge in [-0.15, -0.1) is 4.37 Å². The average Bonchev–Trinajstić information content (AvgIpc) is 3.23. The lowest BCUT2D eigenvalue weighted by Gasteiger charge is -2.42. The summed E-state index contributed by atoms with van der Waals surface area (Å²) in [5, 5.41) is 0. The third-order valence-corrected chi connectivity index (χ3v) is 6.84. The molecule has 1 aromatic heterocycles. The summed E-state index contributed by atoms with van der Waals surface area (Å²) < 4.78 is 21.4. The fourth-order valence-corrected chi connectivity index (χ4v) is 4.67. The number of likely N-dealkylation sites (tertiary alicyclic amines) is 1. The second kappa shape index (κ2) is 11.1. The van der Waals surface area contributed by atoms with E-state index in [2.05, 4.69) is 28.8 Å². The molecule has 2 atom stereocenters. The van der Waals surface area contributed by atoms with E-state index in [1.165, 1.54) is 37.4 Å². The summed E-state index contributed by atoms with van der Waals surface area (Å²) in [7, 11) is 2.16. The summed E-state index contributed by atoms with van der Waals surface area (Å²) >= 11 is 1.20. The quantitative estimate of drug-likeness (QED) is 0.414. The third kappa shape index (κ3) is 5.94. The Morgan fingerprint density at radius 3 is 2.80 bits per heavy atom. The van der Waals surface area contributed by atoms with Gasteiger partial charge in [0.1, 0.15) is 12.2 Å². The number of carbonyl (C=O) groups excluding carboxylic acids is 1. The molecule has 3 rings (SSSR count). The van der Waals surface area contributed by atoms with Crippen LogP contribution in [0.4, 0.5) is 4.79 Å². The summed E-state index contributed by atoms with van der Waals surface area (Å²) in [5.41, 5.74) is 2.00. The highest BCUT2D eigenvalue weighted by Gasteiger charge is 2.37. The minimum atomic E-state index is -0.215. The number of amides is 1. The maximum atomic E-state index is 12.6. The van der Waals surface area contributed by atoms with Crippen LogP contribution in [0.1, 0.15) is 70.9 Å². The number of piperidine rings is 1. The maximum Gasteiger partial charge on any atom is 0.414 e. The fourth-order valence-electron chi connectivity index (χ4n) is 4.14. The normalized spacial score (nSPS) is 23.0. The van der Waals surface area contributed by atoms with Crippen LogP contribution in [0.5, 0.6) is 5.88 Å². The second-order valence-electron chi connectivity index (χ2n) is 8.74. The summed E-state index contributed by atoms with van der Waals surface area (Å²) in [6.07, 6.45) is 10.8. The zero-order valence-electron chi connectivity index (χ0n) is 18.8. The summed E-state index contributed by atoms with van der Waals surface area (Å²) in [6.45, 7) is 8.21. The van der Waals surface area contributed by atoms with Crippen molar-refractivity contribution in [3.63, 3.8) is 0 Å². The van der Waals surface area contributed by atoms with Crippen LogP contribution in [-0.4, -0.2) is 70.3 Å². The van der Waals surface area contributed by atoms with Gasteiger partial charge in [-0.05, 0) is 25.7 Å². The molecule has 1 fully saturated rings. The molecule has 8 heteroatoms. The predicted octanol–water partition coefficient (Wildman–Crippen LogP) is 4.70. The largest absolute Gasteiger partial charge is 0.475 e. The highest BCUT2D eigenvalue weighted by Crippen LogP contribution is 2.31. The van der Waals surface area contributed by atoms with Crippen molar-refractivity contribution in [2.45, 2.75) is 71.4 Å². The number of rotatable bonds is 9. The molecule has 3 heterocycles. The van der Waals surface area contributed by atoms with Gasteiger partial charge < -0.3 is 14.4 Å². The van der Waals surface area contributed by atoms with Crippen molar-refractivity contribution in [3.05, 3.63) is 11.8 Å². The van der Waals surface area contributed by atoms with Gasteiger partial charge in [-0.1, -0.05) is 32.3 Å². The van der Waals surface area contributed by atoms with E-state index in [4.69, 9.17) is 9.47 Å². The summed E-state index contributed by atoms with van der Waals surface area (Å²) in [5.74, 6) is 0.647. The lowest BCUT2D eigenvalue weighted by molar-refractivity contribution is -0.944. The molecule has 1 amide bonds. The molecule has 2 aliphatic heterocycles. The van der Waals surface area contributed by atoms with E-state index in [1.54, 1.807) is 0 Å². The zero-order valence-corrected chi connectivity index (χ0v) is 19.6. The molecule has 0 saturated carbocycles. The highest BCUT2D eigenvalue weighted by molar-refractivity contribution is 6.99. The molecule has 0 aromatic carbocycles. The van der Waals surface area contributed by atoms with Gasteiger partial charge in [0.15, 0.2) is 0 Å². The Kier molecular flexibility index (Phi) is 8.50. The standard InChI is InChI=1S/C22H37N4O3S/c1-4-5-6-10-16-28-21-20(23-30-24-21)19-12-11-15-26(3,17-19)18(2)29-22(27)25-13-8-7-9-14-25/h12,18H,4-11,13-17H2,1-3H3/q+1/t18-,26?/m1/s1. The molecule has 1 aromatic rings. The Hall–Kier alpha value is -1.67. The fraction of sp³-hybridized carbons (Fsp3) is 0.773. The molecule has 1 unspecified atom stereocenters. The van der Waals surface area contributed by atoms with Crippen LogP contribution in [-0.2, 0) is 4.74 Å². The van der Waals surface area contributed by atoms with E-state index in [1.807, 2.05) is 11.8 Å².